The van der Waals surface area contributed by atoms with Gasteiger partial charge in [-0.3, -0.25) is 14.6 Å². The maximum Gasteiger partial charge on any atom is 0.289 e. The van der Waals surface area contributed by atoms with Gasteiger partial charge >= 0.3 is 0 Å². The molecular weight excluding hydrogens is 565 g/mol. The normalized spacial score (nSPS) is 13.8. The zero-order valence-corrected chi connectivity index (χ0v) is 25.5. The number of nitrogens with zero attached hydrogens (tertiary/aromatic N) is 3. The summed E-state index contributed by atoms with van der Waals surface area (Å²) in [5.41, 5.74) is 4.46. The fourth-order valence-electron chi connectivity index (χ4n) is 6.07. The van der Waals surface area contributed by atoms with Gasteiger partial charge in [0.05, 0.1) is 19.7 Å². The predicted molar refractivity (Wildman–Crippen MR) is 173 cm³/mol. The van der Waals surface area contributed by atoms with Crippen molar-refractivity contribution < 1.29 is 18.3 Å². The molecule has 1 aliphatic rings. The molecule has 45 heavy (non-hydrogen) atoms. The van der Waals surface area contributed by atoms with Crippen LogP contribution in [0.15, 0.2) is 126 Å². The van der Waals surface area contributed by atoms with Crippen LogP contribution in [0.4, 0.5) is 4.39 Å². The first kappa shape index (κ1) is 30.3. The van der Waals surface area contributed by atoms with Crippen LogP contribution in [0.5, 0.6) is 5.75 Å². The Morgan fingerprint density at radius 3 is 2.02 bits per heavy atom. The molecule has 0 atom stereocenters. The first-order chi connectivity index (χ1) is 22.1. The van der Waals surface area contributed by atoms with Gasteiger partial charge in [0, 0.05) is 39.3 Å². The van der Waals surface area contributed by atoms with Crippen LogP contribution in [0.3, 0.4) is 0 Å². The van der Waals surface area contributed by atoms with Crippen molar-refractivity contribution in [3.8, 4) is 5.75 Å². The maximum atomic E-state index is 14.0. The summed E-state index contributed by atoms with van der Waals surface area (Å²) in [4.78, 5) is 20.1. The Hall–Kier alpha value is -4.72. The number of carbonyl (C=O) groups is 1. The van der Waals surface area contributed by atoms with Crippen LogP contribution in [-0.2, 0) is 19.6 Å². The van der Waals surface area contributed by atoms with E-state index in [4.69, 9.17) is 9.15 Å². The Balaban J connectivity index is 1.12. The highest BCUT2D eigenvalue weighted by Crippen LogP contribution is 2.30. The number of hydrogen-bond acceptors (Lipinski definition) is 5. The Kier molecular flexibility index (Phi) is 9.68. The lowest BCUT2D eigenvalue weighted by atomic mass is 9.96. The van der Waals surface area contributed by atoms with E-state index in [0.717, 1.165) is 30.0 Å². The van der Waals surface area contributed by atoms with Crippen LogP contribution in [0, 0.1) is 5.82 Å². The van der Waals surface area contributed by atoms with Crippen LogP contribution in [-0.4, -0.2) is 53.9 Å². The SMILES string of the molecule is COc1ccc(CN(Cc2cccc(F)c2)Cc2ccc(C(=O)N3CCN(C(c4ccccc4)c4ccccc4)CC3)o2)cc1. The fourth-order valence-corrected chi connectivity index (χ4v) is 6.07. The zero-order valence-electron chi connectivity index (χ0n) is 25.5. The third-order valence-corrected chi connectivity index (χ3v) is 8.31. The van der Waals surface area contributed by atoms with E-state index in [-0.39, 0.29) is 17.8 Å². The number of piperazine rings is 1. The number of ether oxygens (including phenoxy) is 1. The monoisotopic (exact) mass is 603 g/mol. The van der Waals surface area contributed by atoms with Gasteiger partial charge in [0.2, 0.25) is 0 Å². The number of rotatable bonds is 11. The maximum absolute atomic E-state index is 14.0. The Bertz CT molecular complexity index is 1630. The lowest BCUT2D eigenvalue weighted by Crippen LogP contribution is -2.49. The summed E-state index contributed by atoms with van der Waals surface area (Å²) < 4.78 is 25.4. The second-order valence-corrected chi connectivity index (χ2v) is 11.4. The molecule has 1 aliphatic heterocycles. The highest BCUT2D eigenvalue weighted by atomic mass is 19.1. The number of amides is 1. The van der Waals surface area contributed by atoms with Gasteiger partial charge in [0.25, 0.3) is 5.91 Å². The molecule has 2 heterocycles. The number of halogens is 1. The number of methoxy groups -OCH3 is 1. The summed E-state index contributed by atoms with van der Waals surface area (Å²) in [6.07, 6.45) is 0. The van der Waals surface area contributed by atoms with Crippen molar-refractivity contribution in [2.45, 2.75) is 25.7 Å². The second kappa shape index (κ2) is 14.4. The summed E-state index contributed by atoms with van der Waals surface area (Å²) in [5.74, 6) is 1.47. The molecule has 1 amide bonds. The third-order valence-electron chi connectivity index (χ3n) is 8.31. The van der Waals surface area contributed by atoms with Gasteiger partial charge in [-0.25, -0.2) is 4.39 Å². The molecule has 0 bridgehead atoms. The largest absolute Gasteiger partial charge is 0.497 e. The lowest BCUT2D eigenvalue weighted by Gasteiger charge is -2.39. The molecule has 1 saturated heterocycles. The van der Waals surface area contributed by atoms with Crippen molar-refractivity contribution in [3.05, 3.63) is 161 Å². The van der Waals surface area contributed by atoms with Crippen molar-refractivity contribution in [2.75, 3.05) is 33.3 Å². The second-order valence-electron chi connectivity index (χ2n) is 11.4. The number of furan rings is 1. The molecule has 0 aliphatic carbocycles. The molecular formula is C38H38FN3O3. The zero-order chi connectivity index (χ0) is 31.0. The van der Waals surface area contributed by atoms with Gasteiger partial charge in [-0.1, -0.05) is 84.9 Å². The molecule has 0 saturated carbocycles. The third kappa shape index (κ3) is 7.69. The molecule has 1 aromatic heterocycles. The highest BCUT2D eigenvalue weighted by Gasteiger charge is 2.29. The van der Waals surface area contributed by atoms with E-state index in [0.29, 0.717) is 44.2 Å². The Morgan fingerprint density at radius 1 is 0.756 bits per heavy atom. The van der Waals surface area contributed by atoms with Gasteiger partial charge in [0.15, 0.2) is 5.76 Å². The molecule has 5 aromatic rings. The van der Waals surface area contributed by atoms with Gasteiger partial charge in [0.1, 0.15) is 17.3 Å². The summed E-state index contributed by atoms with van der Waals surface area (Å²) in [6.45, 7) is 4.38. The molecule has 6 rings (SSSR count). The Labute approximate surface area is 264 Å². The first-order valence-electron chi connectivity index (χ1n) is 15.4. The molecule has 0 N–H and O–H groups in total. The van der Waals surface area contributed by atoms with Crippen LogP contribution in [0.1, 0.15) is 44.6 Å². The van der Waals surface area contributed by atoms with Crippen LogP contribution in [0.2, 0.25) is 0 Å². The quantitative estimate of drug-likeness (QED) is 0.160. The summed E-state index contributed by atoms with van der Waals surface area (Å²) in [5, 5.41) is 0. The van der Waals surface area contributed by atoms with E-state index in [1.807, 2.05) is 53.4 Å². The van der Waals surface area contributed by atoms with Crippen molar-refractivity contribution in [1.29, 1.82) is 0 Å². The molecule has 6 nitrogen and oxygen atoms in total. The lowest BCUT2D eigenvalue weighted by molar-refractivity contribution is 0.0564. The molecule has 230 valence electrons. The van der Waals surface area contributed by atoms with E-state index >= 15 is 0 Å². The fraction of sp³-hybridized carbons (Fsp3) is 0.237. The summed E-state index contributed by atoms with van der Waals surface area (Å²) in [7, 11) is 1.65. The van der Waals surface area contributed by atoms with E-state index in [1.54, 1.807) is 25.3 Å². The van der Waals surface area contributed by atoms with Gasteiger partial charge in [-0.05, 0) is 58.7 Å². The number of benzene rings is 4. The molecule has 0 unspecified atom stereocenters. The van der Waals surface area contributed by atoms with E-state index in [2.05, 4.69) is 58.3 Å². The predicted octanol–water partition coefficient (Wildman–Crippen LogP) is 7.18. The molecule has 4 aromatic carbocycles. The molecule has 0 radical (unpaired) electrons. The van der Waals surface area contributed by atoms with Crippen molar-refractivity contribution in [1.82, 2.24) is 14.7 Å². The minimum absolute atomic E-state index is 0.0938. The van der Waals surface area contributed by atoms with Gasteiger partial charge < -0.3 is 14.1 Å². The van der Waals surface area contributed by atoms with E-state index in [1.165, 1.54) is 17.2 Å². The summed E-state index contributed by atoms with van der Waals surface area (Å²) >= 11 is 0. The minimum Gasteiger partial charge on any atom is -0.497 e. The first-order valence-corrected chi connectivity index (χ1v) is 15.4. The van der Waals surface area contributed by atoms with Crippen molar-refractivity contribution in [2.24, 2.45) is 0 Å². The molecule has 7 heteroatoms. The van der Waals surface area contributed by atoms with Gasteiger partial charge in [-0.15, -0.1) is 0 Å². The summed E-state index contributed by atoms with van der Waals surface area (Å²) in [6, 6.07) is 39.4. The molecule has 0 spiro atoms. The van der Waals surface area contributed by atoms with Crippen molar-refractivity contribution in [3.63, 3.8) is 0 Å². The van der Waals surface area contributed by atoms with Crippen molar-refractivity contribution >= 4 is 5.91 Å². The standard InChI is InChI=1S/C38H38FN3O3/c1-44-34-17-15-29(16-18-34)26-40(27-30-9-8-14-33(39)25-30)28-35-19-20-36(45-35)38(43)42-23-21-41(22-24-42)37(31-10-4-2-5-11-31)32-12-6-3-7-13-32/h2-20,25,37H,21-24,26-28H2,1H3. The van der Waals surface area contributed by atoms with Gasteiger partial charge in [-0.2, -0.15) is 0 Å². The number of carbonyl (C=O) groups excluding carboxylic acids is 1. The van der Waals surface area contributed by atoms with Crippen LogP contribution >= 0.6 is 0 Å². The van der Waals surface area contributed by atoms with E-state index in [9.17, 15) is 9.18 Å². The van der Waals surface area contributed by atoms with E-state index < -0.39 is 0 Å². The number of hydrogen-bond donors (Lipinski definition) is 0. The highest BCUT2D eigenvalue weighted by molar-refractivity contribution is 5.91. The minimum atomic E-state index is -0.262. The average molecular weight is 604 g/mol. The smallest absolute Gasteiger partial charge is 0.289 e. The van der Waals surface area contributed by atoms with Crippen LogP contribution in [0.25, 0.3) is 0 Å². The molecule has 1 fully saturated rings. The topological polar surface area (TPSA) is 49.2 Å². The Morgan fingerprint density at radius 2 is 1.40 bits per heavy atom. The van der Waals surface area contributed by atoms with Crippen LogP contribution < -0.4 is 4.74 Å². The average Bonchev–Trinajstić information content (AvgIpc) is 3.55.